The number of hydrogen-bond acceptors (Lipinski definition) is 3. The standard InChI is InChI=1S/C10H15NO2/c1-4-7(2)8(3)10-11-9(5-12)6-13-10/h5-8H,4H2,1-3H3/t7?,8-/m1/s1. The van der Waals surface area contributed by atoms with Crippen LogP contribution in [0.25, 0.3) is 0 Å². The van der Waals surface area contributed by atoms with E-state index in [0.29, 0.717) is 23.8 Å². The molecule has 3 heteroatoms. The van der Waals surface area contributed by atoms with E-state index in [1.165, 1.54) is 6.26 Å². The third-order valence-corrected chi connectivity index (χ3v) is 2.55. The van der Waals surface area contributed by atoms with E-state index < -0.39 is 0 Å². The maximum atomic E-state index is 10.4. The number of carbonyl (C=O) groups excluding carboxylic acids is 1. The first-order valence-electron chi connectivity index (χ1n) is 4.59. The molecule has 1 unspecified atom stereocenters. The van der Waals surface area contributed by atoms with Crippen molar-refractivity contribution in [2.24, 2.45) is 5.92 Å². The molecule has 72 valence electrons. The highest BCUT2D eigenvalue weighted by molar-refractivity contribution is 5.70. The molecule has 0 saturated heterocycles. The summed E-state index contributed by atoms with van der Waals surface area (Å²) in [7, 11) is 0. The fourth-order valence-corrected chi connectivity index (χ4v) is 1.16. The van der Waals surface area contributed by atoms with Crippen LogP contribution in [0.2, 0.25) is 0 Å². The number of aldehydes is 1. The Morgan fingerprint density at radius 2 is 2.31 bits per heavy atom. The molecule has 0 fully saturated rings. The van der Waals surface area contributed by atoms with E-state index in [2.05, 4.69) is 25.8 Å². The molecule has 13 heavy (non-hydrogen) atoms. The Labute approximate surface area is 78.2 Å². The molecule has 0 amide bonds. The van der Waals surface area contributed by atoms with Crippen molar-refractivity contribution in [3.05, 3.63) is 17.8 Å². The van der Waals surface area contributed by atoms with Crippen LogP contribution < -0.4 is 0 Å². The highest BCUT2D eigenvalue weighted by Gasteiger charge is 2.17. The normalized spacial score (nSPS) is 15.3. The lowest BCUT2D eigenvalue weighted by Crippen LogP contribution is -2.05. The number of rotatable bonds is 4. The Morgan fingerprint density at radius 1 is 1.62 bits per heavy atom. The highest BCUT2D eigenvalue weighted by Crippen LogP contribution is 2.25. The fourth-order valence-electron chi connectivity index (χ4n) is 1.16. The zero-order valence-electron chi connectivity index (χ0n) is 8.28. The summed E-state index contributed by atoms with van der Waals surface area (Å²) in [6.07, 6.45) is 3.19. The summed E-state index contributed by atoms with van der Waals surface area (Å²) < 4.78 is 5.20. The van der Waals surface area contributed by atoms with Gasteiger partial charge in [0.2, 0.25) is 0 Å². The maximum absolute atomic E-state index is 10.4. The molecule has 0 aromatic carbocycles. The number of carbonyl (C=O) groups is 1. The first kappa shape index (κ1) is 9.96. The van der Waals surface area contributed by atoms with E-state index in [9.17, 15) is 4.79 Å². The lowest BCUT2D eigenvalue weighted by molar-refractivity contribution is 0.111. The summed E-state index contributed by atoms with van der Waals surface area (Å²) in [5, 5.41) is 0. The van der Waals surface area contributed by atoms with Gasteiger partial charge in [0.05, 0.1) is 0 Å². The maximum Gasteiger partial charge on any atom is 0.197 e. The van der Waals surface area contributed by atoms with Crippen molar-refractivity contribution in [3.8, 4) is 0 Å². The van der Waals surface area contributed by atoms with Crippen molar-refractivity contribution in [2.75, 3.05) is 0 Å². The molecule has 1 aromatic rings. The van der Waals surface area contributed by atoms with Gasteiger partial charge in [-0.25, -0.2) is 4.98 Å². The monoisotopic (exact) mass is 181 g/mol. The molecule has 0 aliphatic carbocycles. The molecule has 2 atom stereocenters. The van der Waals surface area contributed by atoms with Crippen molar-refractivity contribution >= 4 is 6.29 Å². The number of nitrogens with zero attached hydrogens (tertiary/aromatic N) is 1. The summed E-state index contributed by atoms with van der Waals surface area (Å²) in [5.41, 5.74) is 0.380. The zero-order valence-corrected chi connectivity index (χ0v) is 8.28. The molecule has 0 bridgehead atoms. The lowest BCUT2D eigenvalue weighted by Gasteiger charge is -2.13. The van der Waals surface area contributed by atoms with Crippen LogP contribution in [0, 0.1) is 5.92 Å². The molecular formula is C10H15NO2. The van der Waals surface area contributed by atoms with Crippen molar-refractivity contribution in [1.29, 1.82) is 0 Å². The van der Waals surface area contributed by atoms with Gasteiger partial charge in [0.25, 0.3) is 0 Å². The van der Waals surface area contributed by atoms with Crippen molar-refractivity contribution < 1.29 is 9.21 Å². The van der Waals surface area contributed by atoms with Crippen LogP contribution in [0.1, 0.15) is 49.5 Å². The quantitative estimate of drug-likeness (QED) is 0.670. The van der Waals surface area contributed by atoms with Crippen LogP contribution in [0.5, 0.6) is 0 Å². The Balaban J connectivity index is 2.76. The number of hydrogen-bond donors (Lipinski definition) is 0. The fraction of sp³-hybridized carbons (Fsp3) is 0.600. The Bertz CT molecular complexity index is 280. The van der Waals surface area contributed by atoms with E-state index in [4.69, 9.17) is 4.42 Å². The average Bonchev–Trinajstić information content (AvgIpc) is 2.63. The van der Waals surface area contributed by atoms with Gasteiger partial charge in [-0.15, -0.1) is 0 Å². The Kier molecular flexibility index (Phi) is 3.23. The van der Waals surface area contributed by atoms with Gasteiger partial charge >= 0.3 is 0 Å². The Hall–Kier alpha value is -1.12. The summed E-state index contributed by atoms with van der Waals surface area (Å²) in [5.74, 6) is 1.47. The third-order valence-electron chi connectivity index (χ3n) is 2.55. The largest absolute Gasteiger partial charge is 0.448 e. The smallest absolute Gasteiger partial charge is 0.197 e. The summed E-state index contributed by atoms with van der Waals surface area (Å²) >= 11 is 0. The molecule has 3 nitrogen and oxygen atoms in total. The Morgan fingerprint density at radius 3 is 2.77 bits per heavy atom. The van der Waals surface area contributed by atoms with Gasteiger partial charge in [0, 0.05) is 5.92 Å². The second-order valence-electron chi connectivity index (χ2n) is 3.40. The number of aromatic nitrogens is 1. The van der Waals surface area contributed by atoms with E-state index in [-0.39, 0.29) is 5.92 Å². The van der Waals surface area contributed by atoms with Crippen molar-refractivity contribution in [1.82, 2.24) is 4.98 Å². The van der Waals surface area contributed by atoms with E-state index in [1.54, 1.807) is 0 Å². The molecule has 0 spiro atoms. The zero-order chi connectivity index (χ0) is 9.84. The van der Waals surface area contributed by atoms with E-state index >= 15 is 0 Å². The lowest BCUT2D eigenvalue weighted by atomic mass is 9.94. The summed E-state index contributed by atoms with van der Waals surface area (Å²) in [4.78, 5) is 14.4. The number of oxazole rings is 1. The molecule has 0 aliphatic rings. The topological polar surface area (TPSA) is 43.1 Å². The van der Waals surface area contributed by atoms with Crippen molar-refractivity contribution in [3.63, 3.8) is 0 Å². The average molecular weight is 181 g/mol. The minimum Gasteiger partial charge on any atom is -0.448 e. The van der Waals surface area contributed by atoms with Crippen LogP contribution in [-0.2, 0) is 0 Å². The van der Waals surface area contributed by atoms with Crippen LogP contribution in [0.4, 0.5) is 0 Å². The molecule has 0 aliphatic heterocycles. The van der Waals surface area contributed by atoms with Crippen LogP contribution in [0.3, 0.4) is 0 Å². The minimum absolute atomic E-state index is 0.277. The molecule has 1 rings (SSSR count). The van der Waals surface area contributed by atoms with Crippen LogP contribution in [0.15, 0.2) is 10.7 Å². The SMILES string of the molecule is CCC(C)[C@@H](C)c1nc(C=O)co1. The van der Waals surface area contributed by atoms with Gasteiger partial charge in [0.15, 0.2) is 12.2 Å². The molecule has 0 radical (unpaired) electrons. The van der Waals surface area contributed by atoms with Crippen LogP contribution >= 0.6 is 0 Å². The van der Waals surface area contributed by atoms with Gasteiger partial charge in [-0.2, -0.15) is 0 Å². The molecule has 0 saturated carbocycles. The second kappa shape index (κ2) is 4.21. The second-order valence-corrected chi connectivity index (χ2v) is 3.40. The van der Waals surface area contributed by atoms with Gasteiger partial charge in [0.1, 0.15) is 12.0 Å². The molecular weight excluding hydrogens is 166 g/mol. The summed E-state index contributed by atoms with van der Waals surface area (Å²) in [6.45, 7) is 6.34. The molecule has 0 N–H and O–H groups in total. The summed E-state index contributed by atoms with van der Waals surface area (Å²) in [6, 6.07) is 0. The van der Waals surface area contributed by atoms with Gasteiger partial charge in [-0.3, -0.25) is 4.79 Å². The van der Waals surface area contributed by atoms with Crippen molar-refractivity contribution in [2.45, 2.75) is 33.1 Å². The minimum atomic E-state index is 0.277. The first-order chi connectivity index (χ1) is 6.19. The molecule has 1 aromatic heterocycles. The predicted octanol–water partition coefficient (Wildman–Crippen LogP) is 2.64. The molecule has 1 heterocycles. The van der Waals surface area contributed by atoms with E-state index in [0.717, 1.165) is 6.42 Å². The highest BCUT2D eigenvalue weighted by atomic mass is 16.3. The predicted molar refractivity (Wildman–Crippen MR) is 49.8 cm³/mol. The van der Waals surface area contributed by atoms with Gasteiger partial charge in [-0.1, -0.05) is 27.2 Å². The van der Waals surface area contributed by atoms with Crippen LogP contribution in [-0.4, -0.2) is 11.3 Å². The first-order valence-corrected chi connectivity index (χ1v) is 4.59. The van der Waals surface area contributed by atoms with Gasteiger partial charge < -0.3 is 4.42 Å². The third kappa shape index (κ3) is 2.17. The van der Waals surface area contributed by atoms with Gasteiger partial charge in [-0.05, 0) is 5.92 Å². The van der Waals surface area contributed by atoms with E-state index in [1.807, 2.05) is 0 Å².